The number of ether oxygens (including phenoxy) is 1. The van der Waals surface area contributed by atoms with Gasteiger partial charge in [-0.05, 0) is 26.0 Å². The number of rotatable bonds is 2. The van der Waals surface area contributed by atoms with Crippen molar-refractivity contribution in [1.29, 1.82) is 0 Å². The lowest BCUT2D eigenvalue weighted by atomic mass is 9.96. The van der Waals surface area contributed by atoms with E-state index >= 15 is 0 Å². The summed E-state index contributed by atoms with van der Waals surface area (Å²) in [5.74, 6) is -0.226. The number of para-hydroxylation sites is 2. The lowest BCUT2D eigenvalue weighted by Crippen LogP contribution is -2.60. The number of nitrogens with one attached hydrogen (secondary N) is 1. The number of morpholine rings is 1. The van der Waals surface area contributed by atoms with Gasteiger partial charge in [0.2, 0.25) is 11.8 Å². The highest BCUT2D eigenvalue weighted by molar-refractivity contribution is 6.14. The first-order valence-corrected chi connectivity index (χ1v) is 7.54. The maximum atomic E-state index is 12.9. The third-order valence-corrected chi connectivity index (χ3v) is 4.22. The number of fused-ring (bicyclic) bond motifs is 1. The van der Waals surface area contributed by atoms with Crippen LogP contribution < -0.4 is 10.2 Å². The smallest absolute Gasteiger partial charge is 0.250 e. The fourth-order valence-electron chi connectivity index (χ4n) is 2.92. The SMILES string of the molecule is CC1(C)C(=O)Nc2ccccc2N1C(=O)CN1CCOCC1. The van der Waals surface area contributed by atoms with Crippen molar-refractivity contribution >= 4 is 23.2 Å². The van der Waals surface area contributed by atoms with Crippen LogP contribution in [0.4, 0.5) is 11.4 Å². The lowest BCUT2D eigenvalue weighted by molar-refractivity contribution is -0.127. The molecule has 6 nitrogen and oxygen atoms in total. The first-order chi connectivity index (χ1) is 10.5. The molecule has 0 atom stereocenters. The average molecular weight is 303 g/mol. The van der Waals surface area contributed by atoms with E-state index in [1.165, 1.54) is 0 Å². The first-order valence-electron chi connectivity index (χ1n) is 7.54. The number of hydrogen-bond acceptors (Lipinski definition) is 4. The van der Waals surface area contributed by atoms with Crippen LogP contribution in [0.5, 0.6) is 0 Å². The molecule has 0 bridgehead atoms. The van der Waals surface area contributed by atoms with Gasteiger partial charge in [-0.2, -0.15) is 0 Å². The van der Waals surface area contributed by atoms with E-state index in [-0.39, 0.29) is 11.8 Å². The summed E-state index contributed by atoms with van der Waals surface area (Å²) in [5, 5.41) is 2.87. The number of hydrogen-bond donors (Lipinski definition) is 1. The molecule has 0 unspecified atom stereocenters. The van der Waals surface area contributed by atoms with Crippen molar-refractivity contribution in [2.45, 2.75) is 19.4 Å². The predicted octanol–water partition coefficient (Wildman–Crippen LogP) is 1.08. The second-order valence-corrected chi connectivity index (χ2v) is 6.15. The molecule has 0 radical (unpaired) electrons. The van der Waals surface area contributed by atoms with E-state index in [0.29, 0.717) is 25.4 Å². The van der Waals surface area contributed by atoms with E-state index in [9.17, 15) is 9.59 Å². The van der Waals surface area contributed by atoms with Gasteiger partial charge in [0.25, 0.3) is 0 Å². The van der Waals surface area contributed by atoms with Gasteiger partial charge in [-0.3, -0.25) is 19.4 Å². The molecule has 1 aromatic carbocycles. The van der Waals surface area contributed by atoms with Crippen LogP contribution in [0.25, 0.3) is 0 Å². The monoisotopic (exact) mass is 303 g/mol. The minimum atomic E-state index is -0.905. The van der Waals surface area contributed by atoms with E-state index in [1.54, 1.807) is 18.7 Å². The molecule has 0 saturated carbocycles. The van der Waals surface area contributed by atoms with Gasteiger partial charge < -0.3 is 10.1 Å². The van der Waals surface area contributed by atoms with Crippen molar-refractivity contribution in [3.63, 3.8) is 0 Å². The molecule has 2 heterocycles. The van der Waals surface area contributed by atoms with Crippen molar-refractivity contribution in [3.05, 3.63) is 24.3 Å². The highest BCUT2D eigenvalue weighted by Crippen LogP contribution is 2.36. The predicted molar refractivity (Wildman–Crippen MR) is 83.9 cm³/mol. The molecule has 2 amide bonds. The van der Waals surface area contributed by atoms with Crippen LogP contribution in [0.3, 0.4) is 0 Å². The number of amides is 2. The summed E-state index contributed by atoms with van der Waals surface area (Å²) >= 11 is 0. The normalized spacial score (nSPS) is 21.2. The molecular weight excluding hydrogens is 282 g/mol. The maximum absolute atomic E-state index is 12.9. The van der Waals surface area contributed by atoms with Crippen LogP contribution in [-0.4, -0.2) is 55.1 Å². The maximum Gasteiger partial charge on any atom is 0.250 e. The van der Waals surface area contributed by atoms with Gasteiger partial charge in [0.1, 0.15) is 5.54 Å². The van der Waals surface area contributed by atoms with E-state index in [2.05, 4.69) is 10.2 Å². The zero-order valence-electron chi connectivity index (χ0n) is 13.0. The molecule has 0 aliphatic carbocycles. The van der Waals surface area contributed by atoms with Gasteiger partial charge >= 0.3 is 0 Å². The minimum absolute atomic E-state index is 0.0609. The van der Waals surface area contributed by atoms with Gasteiger partial charge in [-0.15, -0.1) is 0 Å². The zero-order valence-corrected chi connectivity index (χ0v) is 13.0. The summed E-state index contributed by atoms with van der Waals surface area (Å²) < 4.78 is 5.31. The lowest BCUT2D eigenvalue weighted by Gasteiger charge is -2.43. The van der Waals surface area contributed by atoms with Crippen LogP contribution in [0.1, 0.15) is 13.8 Å². The van der Waals surface area contributed by atoms with Crippen LogP contribution in [0.15, 0.2) is 24.3 Å². The third-order valence-electron chi connectivity index (χ3n) is 4.22. The Morgan fingerprint density at radius 1 is 1.27 bits per heavy atom. The molecule has 2 aliphatic heterocycles. The second-order valence-electron chi connectivity index (χ2n) is 6.15. The van der Waals surface area contributed by atoms with E-state index < -0.39 is 5.54 Å². The van der Waals surface area contributed by atoms with Gasteiger partial charge in [0.15, 0.2) is 0 Å². The van der Waals surface area contributed by atoms with Gasteiger partial charge in [0.05, 0.1) is 31.1 Å². The standard InChI is InChI=1S/C16H21N3O3/c1-16(2)15(21)17-12-5-3-4-6-13(12)19(16)14(20)11-18-7-9-22-10-8-18/h3-6H,7-11H2,1-2H3,(H,17,21). The number of benzene rings is 1. The largest absolute Gasteiger partial charge is 0.379 e. The Hall–Kier alpha value is -1.92. The fourth-order valence-corrected chi connectivity index (χ4v) is 2.92. The number of nitrogens with zero attached hydrogens (tertiary/aromatic N) is 2. The van der Waals surface area contributed by atoms with Crippen LogP contribution >= 0.6 is 0 Å². The van der Waals surface area contributed by atoms with Gasteiger partial charge in [0, 0.05) is 13.1 Å². The van der Waals surface area contributed by atoms with E-state index in [0.717, 1.165) is 18.8 Å². The summed E-state index contributed by atoms with van der Waals surface area (Å²) in [7, 11) is 0. The summed E-state index contributed by atoms with van der Waals surface area (Å²) in [6, 6.07) is 7.41. The molecular formula is C16H21N3O3. The average Bonchev–Trinajstić information content (AvgIpc) is 2.49. The Kier molecular flexibility index (Phi) is 3.88. The van der Waals surface area contributed by atoms with Crippen molar-refractivity contribution in [3.8, 4) is 0 Å². The Labute approximate surface area is 130 Å². The fraction of sp³-hybridized carbons (Fsp3) is 0.500. The Balaban J connectivity index is 1.88. The van der Waals surface area contributed by atoms with Crippen molar-refractivity contribution in [1.82, 2.24) is 4.90 Å². The highest BCUT2D eigenvalue weighted by Gasteiger charge is 2.43. The second kappa shape index (κ2) is 5.70. The zero-order chi connectivity index (χ0) is 15.7. The van der Waals surface area contributed by atoms with Crippen molar-refractivity contribution in [2.75, 3.05) is 43.1 Å². The first kappa shape index (κ1) is 15.0. The molecule has 0 aromatic heterocycles. The Bertz CT molecular complexity index is 594. The molecule has 1 saturated heterocycles. The van der Waals surface area contributed by atoms with Crippen molar-refractivity contribution in [2.24, 2.45) is 0 Å². The molecule has 1 fully saturated rings. The minimum Gasteiger partial charge on any atom is -0.379 e. The summed E-state index contributed by atoms with van der Waals surface area (Å²) in [6.45, 7) is 6.63. The number of anilines is 2. The molecule has 6 heteroatoms. The molecule has 0 spiro atoms. The molecule has 118 valence electrons. The molecule has 22 heavy (non-hydrogen) atoms. The number of carbonyl (C=O) groups is 2. The summed E-state index contributed by atoms with van der Waals surface area (Å²) in [5.41, 5.74) is 0.532. The van der Waals surface area contributed by atoms with E-state index in [1.807, 2.05) is 24.3 Å². The van der Waals surface area contributed by atoms with Crippen molar-refractivity contribution < 1.29 is 14.3 Å². The molecule has 1 aromatic rings. The topological polar surface area (TPSA) is 61.9 Å². The van der Waals surface area contributed by atoms with E-state index in [4.69, 9.17) is 4.74 Å². The van der Waals surface area contributed by atoms with Gasteiger partial charge in [-0.1, -0.05) is 12.1 Å². The molecule has 1 N–H and O–H groups in total. The van der Waals surface area contributed by atoms with Gasteiger partial charge in [-0.25, -0.2) is 0 Å². The van der Waals surface area contributed by atoms with Crippen LogP contribution in [-0.2, 0) is 14.3 Å². The summed E-state index contributed by atoms with van der Waals surface area (Å²) in [4.78, 5) is 28.9. The Morgan fingerprint density at radius 3 is 2.68 bits per heavy atom. The van der Waals surface area contributed by atoms with Crippen LogP contribution in [0, 0.1) is 0 Å². The molecule has 2 aliphatic rings. The van der Waals surface area contributed by atoms with Crippen LogP contribution in [0.2, 0.25) is 0 Å². The summed E-state index contributed by atoms with van der Waals surface area (Å²) in [6.07, 6.45) is 0. The third kappa shape index (κ3) is 2.60. The highest BCUT2D eigenvalue weighted by atomic mass is 16.5. The quantitative estimate of drug-likeness (QED) is 0.888. The number of carbonyl (C=O) groups excluding carboxylic acids is 2. The molecule has 3 rings (SSSR count). The Morgan fingerprint density at radius 2 is 1.95 bits per heavy atom.